The van der Waals surface area contributed by atoms with Crippen molar-refractivity contribution in [2.45, 2.75) is 57.9 Å². The molecule has 0 saturated carbocycles. The lowest BCUT2D eigenvalue weighted by molar-refractivity contribution is 0.0520. The fourth-order valence-electron chi connectivity index (χ4n) is 2.64. The first-order chi connectivity index (χ1) is 13.1. The lowest BCUT2D eigenvalue weighted by atomic mass is 9.87. The van der Waals surface area contributed by atoms with Crippen LogP contribution < -0.4 is 0 Å². The molecule has 154 valence electrons. The van der Waals surface area contributed by atoms with Crippen LogP contribution in [0.25, 0.3) is 0 Å². The van der Waals surface area contributed by atoms with Crippen LogP contribution in [0.3, 0.4) is 0 Å². The van der Waals surface area contributed by atoms with Crippen molar-refractivity contribution in [3.63, 3.8) is 0 Å². The second-order valence-electron chi connectivity index (χ2n) is 7.46. The lowest BCUT2D eigenvalue weighted by Crippen LogP contribution is -2.31. The predicted octanol–water partition coefficient (Wildman–Crippen LogP) is 4.22. The van der Waals surface area contributed by atoms with Crippen LogP contribution in [0, 0.1) is 0 Å². The van der Waals surface area contributed by atoms with E-state index >= 15 is 0 Å². The van der Waals surface area contributed by atoms with Crippen molar-refractivity contribution in [3.8, 4) is 0 Å². The zero-order valence-corrected chi connectivity index (χ0v) is 18.7. The van der Waals surface area contributed by atoms with Gasteiger partial charge in [-0.3, -0.25) is 0 Å². The summed E-state index contributed by atoms with van der Waals surface area (Å²) in [6.45, 7) is 10.7. The molecule has 6 nitrogen and oxygen atoms in total. The molecule has 28 heavy (non-hydrogen) atoms. The van der Waals surface area contributed by atoms with E-state index in [2.05, 4.69) is 25.8 Å². The van der Waals surface area contributed by atoms with Crippen LogP contribution in [0.4, 0.5) is 0 Å². The number of carbonyl (C=O) groups excluding carboxylic acids is 1. The van der Waals surface area contributed by atoms with Gasteiger partial charge in [0.15, 0.2) is 5.69 Å². The minimum atomic E-state index is -3.66. The average Bonchev–Trinajstić information content (AvgIpc) is 3.10. The second kappa shape index (κ2) is 9.15. The quantitative estimate of drug-likeness (QED) is 0.593. The van der Waals surface area contributed by atoms with E-state index in [1.54, 1.807) is 24.4 Å². The van der Waals surface area contributed by atoms with Gasteiger partial charge < -0.3 is 4.74 Å². The highest BCUT2D eigenvalue weighted by atomic mass is 32.2. The summed E-state index contributed by atoms with van der Waals surface area (Å²) in [5.41, 5.74) is 1.24. The Morgan fingerprint density at radius 2 is 1.82 bits per heavy atom. The third-order valence-corrected chi connectivity index (χ3v) is 6.87. The van der Waals surface area contributed by atoms with E-state index < -0.39 is 16.0 Å². The van der Waals surface area contributed by atoms with Gasteiger partial charge in [0, 0.05) is 11.9 Å². The van der Waals surface area contributed by atoms with E-state index in [-0.39, 0.29) is 29.2 Å². The number of ether oxygens (including phenoxy) is 1. The van der Waals surface area contributed by atoms with Crippen molar-refractivity contribution in [1.82, 2.24) is 9.29 Å². The number of thiazole rings is 1. The number of hydrogen-bond acceptors (Lipinski definition) is 6. The standard InChI is InChI=1S/C20H28N2O4S2/c1-6-12-22(13-18-21-17(14-27-18)19(23)26-7-2)28(24,25)16-10-8-15(9-11-16)20(3,4)5/h8-11,14H,6-7,12-13H2,1-5H3. The molecular weight excluding hydrogens is 396 g/mol. The lowest BCUT2D eigenvalue weighted by Gasteiger charge is -2.22. The van der Waals surface area contributed by atoms with E-state index in [1.807, 2.05) is 19.1 Å². The highest BCUT2D eigenvalue weighted by Crippen LogP contribution is 2.26. The number of aromatic nitrogens is 1. The molecule has 0 radical (unpaired) electrons. The number of carbonyl (C=O) groups is 1. The maximum Gasteiger partial charge on any atom is 0.357 e. The molecule has 0 unspecified atom stereocenters. The molecular formula is C20H28N2O4S2. The third-order valence-electron chi connectivity index (χ3n) is 4.18. The summed E-state index contributed by atoms with van der Waals surface area (Å²) in [5, 5.41) is 2.16. The van der Waals surface area contributed by atoms with Crippen LogP contribution in [0.2, 0.25) is 0 Å². The first-order valence-corrected chi connectivity index (χ1v) is 11.6. The molecule has 2 aromatic rings. The molecule has 0 fully saturated rings. The molecule has 1 heterocycles. The number of rotatable bonds is 8. The molecule has 0 aliphatic heterocycles. The van der Waals surface area contributed by atoms with Crippen molar-refractivity contribution in [2.24, 2.45) is 0 Å². The van der Waals surface area contributed by atoms with Gasteiger partial charge in [0.25, 0.3) is 0 Å². The molecule has 0 saturated heterocycles. The Balaban J connectivity index is 2.25. The molecule has 0 atom stereocenters. The SMILES string of the molecule is CCCN(Cc1nc(C(=O)OCC)cs1)S(=O)(=O)c1ccc(C(C)(C)C)cc1. The summed E-state index contributed by atoms with van der Waals surface area (Å²) >= 11 is 1.26. The molecule has 0 amide bonds. The first kappa shape index (κ1) is 22.5. The van der Waals surface area contributed by atoms with Crippen LogP contribution in [-0.2, 0) is 26.7 Å². The minimum Gasteiger partial charge on any atom is -0.461 e. The molecule has 0 N–H and O–H groups in total. The smallest absolute Gasteiger partial charge is 0.357 e. The third kappa shape index (κ3) is 5.40. The van der Waals surface area contributed by atoms with Crippen LogP contribution in [0.15, 0.2) is 34.5 Å². The van der Waals surface area contributed by atoms with Gasteiger partial charge in [-0.05, 0) is 36.5 Å². The Bertz CT molecular complexity index is 897. The number of hydrogen-bond donors (Lipinski definition) is 0. The Kier molecular flexibility index (Phi) is 7.36. The van der Waals surface area contributed by atoms with Gasteiger partial charge in [0.2, 0.25) is 10.0 Å². The van der Waals surface area contributed by atoms with E-state index in [0.717, 1.165) is 5.56 Å². The molecule has 1 aromatic heterocycles. The minimum absolute atomic E-state index is 0.0458. The van der Waals surface area contributed by atoms with Crippen molar-refractivity contribution >= 4 is 27.3 Å². The number of esters is 1. The van der Waals surface area contributed by atoms with Crippen LogP contribution in [0.1, 0.15) is 62.1 Å². The Hall–Kier alpha value is -1.77. The van der Waals surface area contributed by atoms with Gasteiger partial charge in [0.05, 0.1) is 18.0 Å². The number of sulfonamides is 1. The molecule has 0 aliphatic rings. The topological polar surface area (TPSA) is 76.6 Å². The maximum atomic E-state index is 13.1. The Labute approximate surface area is 171 Å². The zero-order chi connectivity index (χ0) is 20.9. The summed E-state index contributed by atoms with van der Waals surface area (Å²) < 4.78 is 32.6. The van der Waals surface area contributed by atoms with Crippen LogP contribution >= 0.6 is 11.3 Å². The van der Waals surface area contributed by atoms with Gasteiger partial charge in [-0.15, -0.1) is 11.3 Å². The van der Waals surface area contributed by atoms with E-state index in [0.29, 0.717) is 18.0 Å². The predicted molar refractivity (Wildman–Crippen MR) is 111 cm³/mol. The molecule has 0 spiro atoms. The van der Waals surface area contributed by atoms with Gasteiger partial charge in [-0.2, -0.15) is 4.31 Å². The number of benzene rings is 1. The monoisotopic (exact) mass is 424 g/mol. The average molecular weight is 425 g/mol. The van der Waals surface area contributed by atoms with Crippen molar-refractivity contribution < 1.29 is 17.9 Å². The van der Waals surface area contributed by atoms with E-state index in [4.69, 9.17) is 4.74 Å². The summed E-state index contributed by atoms with van der Waals surface area (Å²) in [6.07, 6.45) is 0.676. The van der Waals surface area contributed by atoms with Gasteiger partial charge >= 0.3 is 5.97 Å². The first-order valence-electron chi connectivity index (χ1n) is 9.31. The highest BCUT2D eigenvalue weighted by Gasteiger charge is 2.26. The molecule has 0 aliphatic carbocycles. The van der Waals surface area contributed by atoms with Gasteiger partial charge in [-0.25, -0.2) is 18.2 Å². The second-order valence-corrected chi connectivity index (χ2v) is 10.3. The summed E-state index contributed by atoms with van der Waals surface area (Å²) in [7, 11) is -3.66. The Morgan fingerprint density at radius 3 is 2.36 bits per heavy atom. The van der Waals surface area contributed by atoms with E-state index in [9.17, 15) is 13.2 Å². The van der Waals surface area contributed by atoms with Crippen LogP contribution in [-0.4, -0.2) is 36.8 Å². The summed E-state index contributed by atoms with van der Waals surface area (Å²) in [6, 6.07) is 7.04. The zero-order valence-electron chi connectivity index (χ0n) is 17.1. The molecule has 0 bridgehead atoms. The van der Waals surface area contributed by atoms with Crippen molar-refractivity contribution in [1.29, 1.82) is 0 Å². The molecule has 1 aromatic carbocycles. The fraction of sp³-hybridized carbons (Fsp3) is 0.500. The molecule has 2 rings (SSSR count). The summed E-state index contributed by atoms with van der Waals surface area (Å²) in [4.78, 5) is 16.3. The number of nitrogens with zero attached hydrogens (tertiary/aromatic N) is 2. The van der Waals surface area contributed by atoms with Crippen molar-refractivity contribution in [3.05, 3.63) is 45.9 Å². The summed E-state index contributed by atoms with van der Waals surface area (Å²) in [5.74, 6) is -0.493. The van der Waals surface area contributed by atoms with Gasteiger partial charge in [-0.1, -0.05) is 39.8 Å². The normalized spacial score (nSPS) is 12.4. The molecule has 8 heteroatoms. The van der Waals surface area contributed by atoms with Gasteiger partial charge in [0.1, 0.15) is 5.01 Å². The van der Waals surface area contributed by atoms with Crippen LogP contribution in [0.5, 0.6) is 0 Å². The highest BCUT2D eigenvalue weighted by molar-refractivity contribution is 7.89. The maximum absolute atomic E-state index is 13.1. The largest absolute Gasteiger partial charge is 0.461 e. The fourth-order valence-corrected chi connectivity index (χ4v) is 5.00. The Morgan fingerprint density at radius 1 is 1.18 bits per heavy atom. The van der Waals surface area contributed by atoms with E-state index in [1.165, 1.54) is 15.6 Å². The van der Waals surface area contributed by atoms with Crippen molar-refractivity contribution in [2.75, 3.05) is 13.2 Å².